The topological polar surface area (TPSA) is 29.3 Å². The quantitative estimate of drug-likeness (QED) is 0.933. The van der Waals surface area contributed by atoms with E-state index >= 15 is 0 Å². The molecule has 1 aliphatic heterocycles. The van der Waals surface area contributed by atoms with Gasteiger partial charge in [0.1, 0.15) is 0 Å². The summed E-state index contributed by atoms with van der Waals surface area (Å²) >= 11 is 8.01. The van der Waals surface area contributed by atoms with Crippen LogP contribution in [0.15, 0.2) is 35.7 Å². The molecule has 0 radical (unpaired) electrons. The van der Waals surface area contributed by atoms with Crippen LogP contribution in [0.2, 0.25) is 5.02 Å². The van der Waals surface area contributed by atoms with Crippen LogP contribution < -0.4 is 5.73 Å². The fourth-order valence-corrected chi connectivity index (χ4v) is 4.13. The molecule has 0 fully saturated rings. The number of nitrogens with zero attached hydrogens (tertiary/aromatic N) is 1. The molecule has 0 bridgehead atoms. The molecule has 2 aromatic rings. The summed E-state index contributed by atoms with van der Waals surface area (Å²) in [4.78, 5) is 4.00. The average molecular weight is 307 g/mol. The molecule has 4 heteroatoms. The van der Waals surface area contributed by atoms with Crippen LogP contribution in [0.3, 0.4) is 0 Å². The third kappa shape index (κ3) is 2.77. The molecule has 1 aromatic carbocycles. The van der Waals surface area contributed by atoms with E-state index in [4.69, 9.17) is 17.3 Å². The predicted octanol–water partition coefficient (Wildman–Crippen LogP) is 3.85. The number of fused-ring (bicyclic) bond motifs is 1. The van der Waals surface area contributed by atoms with E-state index in [1.807, 2.05) is 29.5 Å². The van der Waals surface area contributed by atoms with Gasteiger partial charge in [-0.15, -0.1) is 11.3 Å². The van der Waals surface area contributed by atoms with Crippen LogP contribution in [-0.4, -0.2) is 17.5 Å². The molecule has 0 aliphatic carbocycles. The van der Waals surface area contributed by atoms with Crippen LogP contribution in [0.25, 0.3) is 0 Å². The van der Waals surface area contributed by atoms with Gasteiger partial charge in [-0.2, -0.15) is 0 Å². The van der Waals surface area contributed by atoms with E-state index in [1.165, 1.54) is 16.0 Å². The normalized spacial score (nSPS) is 18.6. The van der Waals surface area contributed by atoms with Crippen LogP contribution in [-0.2, 0) is 13.0 Å². The van der Waals surface area contributed by atoms with Crippen LogP contribution in [0, 0.1) is 0 Å². The van der Waals surface area contributed by atoms with Crippen molar-refractivity contribution in [1.29, 1.82) is 0 Å². The molecule has 1 aromatic heterocycles. The fraction of sp³-hybridized carbons (Fsp3) is 0.375. The van der Waals surface area contributed by atoms with Gasteiger partial charge in [0.05, 0.1) is 6.04 Å². The third-order valence-corrected chi connectivity index (χ3v) is 5.18. The Morgan fingerprint density at radius 3 is 2.95 bits per heavy atom. The Bertz CT molecular complexity index is 594. The van der Waals surface area contributed by atoms with Crippen LogP contribution in [0.5, 0.6) is 0 Å². The summed E-state index contributed by atoms with van der Waals surface area (Å²) in [5.74, 6) is 0. The van der Waals surface area contributed by atoms with Crippen molar-refractivity contribution in [1.82, 2.24) is 4.90 Å². The van der Waals surface area contributed by atoms with Crippen LogP contribution in [0.1, 0.15) is 29.0 Å². The van der Waals surface area contributed by atoms with Gasteiger partial charge in [0, 0.05) is 29.0 Å². The van der Waals surface area contributed by atoms with Crippen molar-refractivity contribution in [3.05, 3.63) is 56.7 Å². The summed E-state index contributed by atoms with van der Waals surface area (Å²) in [5.41, 5.74) is 8.93. The molecule has 0 saturated carbocycles. The first-order chi connectivity index (χ1) is 9.65. The summed E-state index contributed by atoms with van der Waals surface area (Å²) in [6.07, 6.45) is 1.12. The van der Waals surface area contributed by atoms with Gasteiger partial charge in [0.15, 0.2) is 0 Å². The van der Waals surface area contributed by atoms with Crippen molar-refractivity contribution in [3.8, 4) is 0 Å². The van der Waals surface area contributed by atoms with Crippen LogP contribution >= 0.6 is 22.9 Å². The lowest BCUT2D eigenvalue weighted by molar-refractivity contribution is 0.161. The molecular weight excluding hydrogens is 288 g/mol. The first-order valence-corrected chi connectivity index (χ1v) is 8.21. The maximum atomic E-state index is 6.26. The standard InChI is InChI=1S/C16H19ClN2S/c1-11(18)16(12-3-2-4-14(17)9-12)19-7-5-15-13(10-19)6-8-20-15/h2-4,6,8-9,11,16H,5,7,10,18H2,1H3. The summed E-state index contributed by atoms with van der Waals surface area (Å²) in [5, 5.41) is 2.97. The Kier molecular flexibility index (Phi) is 4.13. The van der Waals surface area contributed by atoms with Crippen molar-refractivity contribution in [2.75, 3.05) is 6.54 Å². The molecule has 3 rings (SSSR count). The summed E-state index contributed by atoms with van der Waals surface area (Å²) in [7, 11) is 0. The lowest BCUT2D eigenvalue weighted by Crippen LogP contribution is -2.41. The number of rotatable bonds is 3. The molecule has 2 heterocycles. The second-order valence-corrected chi connectivity index (χ2v) is 6.89. The van der Waals surface area contributed by atoms with E-state index in [0.29, 0.717) is 0 Å². The van der Waals surface area contributed by atoms with Gasteiger partial charge < -0.3 is 5.73 Å². The number of hydrogen-bond donors (Lipinski definition) is 1. The average Bonchev–Trinajstić information content (AvgIpc) is 2.86. The molecular formula is C16H19ClN2S. The Hall–Kier alpha value is -0.870. The van der Waals surface area contributed by atoms with Gasteiger partial charge >= 0.3 is 0 Å². The van der Waals surface area contributed by atoms with E-state index in [1.54, 1.807) is 0 Å². The first-order valence-electron chi connectivity index (χ1n) is 6.95. The van der Waals surface area contributed by atoms with Crippen molar-refractivity contribution >= 4 is 22.9 Å². The van der Waals surface area contributed by atoms with Crippen molar-refractivity contribution in [2.45, 2.75) is 32.0 Å². The second-order valence-electron chi connectivity index (χ2n) is 5.45. The fourth-order valence-electron chi connectivity index (χ4n) is 3.05. The Morgan fingerprint density at radius 1 is 1.35 bits per heavy atom. The largest absolute Gasteiger partial charge is 0.326 e. The maximum Gasteiger partial charge on any atom is 0.0500 e. The van der Waals surface area contributed by atoms with Crippen LogP contribution in [0.4, 0.5) is 0 Å². The smallest absolute Gasteiger partial charge is 0.0500 e. The van der Waals surface area contributed by atoms with Crippen molar-refractivity contribution in [2.24, 2.45) is 5.73 Å². The van der Waals surface area contributed by atoms with Gasteiger partial charge in [-0.05, 0) is 48.1 Å². The molecule has 2 unspecified atom stereocenters. The minimum absolute atomic E-state index is 0.0775. The zero-order chi connectivity index (χ0) is 14.1. The molecule has 20 heavy (non-hydrogen) atoms. The minimum Gasteiger partial charge on any atom is -0.326 e. The van der Waals surface area contributed by atoms with Gasteiger partial charge in [-0.3, -0.25) is 4.90 Å². The Labute approximate surface area is 129 Å². The monoisotopic (exact) mass is 306 g/mol. The zero-order valence-electron chi connectivity index (χ0n) is 11.6. The molecule has 0 amide bonds. The molecule has 1 aliphatic rings. The highest BCUT2D eigenvalue weighted by Gasteiger charge is 2.27. The molecule has 2 nitrogen and oxygen atoms in total. The number of halogens is 1. The predicted molar refractivity (Wildman–Crippen MR) is 86.3 cm³/mol. The molecule has 2 N–H and O–H groups in total. The van der Waals surface area contributed by atoms with E-state index < -0.39 is 0 Å². The minimum atomic E-state index is 0.0775. The van der Waals surface area contributed by atoms with E-state index in [-0.39, 0.29) is 12.1 Å². The third-order valence-electron chi connectivity index (χ3n) is 3.92. The lowest BCUT2D eigenvalue weighted by atomic mass is 9.96. The number of hydrogen-bond acceptors (Lipinski definition) is 3. The second kappa shape index (κ2) is 5.86. The zero-order valence-corrected chi connectivity index (χ0v) is 13.1. The maximum absolute atomic E-state index is 6.26. The highest BCUT2D eigenvalue weighted by molar-refractivity contribution is 7.10. The summed E-state index contributed by atoms with van der Waals surface area (Å²) in [6, 6.07) is 10.6. The highest BCUT2D eigenvalue weighted by Crippen LogP contribution is 2.32. The first kappa shape index (κ1) is 14.1. The van der Waals surface area contributed by atoms with E-state index in [9.17, 15) is 0 Å². The Balaban J connectivity index is 1.89. The molecule has 0 saturated heterocycles. The van der Waals surface area contributed by atoms with Crippen molar-refractivity contribution in [3.63, 3.8) is 0 Å². The van der Waals surface area contributed by atoms with Gasteiger partial charge in [-0.1, -0.05) is 23.7 Å². The van der Waals surface area contributed by atoms with E-state index in [2.05, 4.69) is 29.3 Å². The SMILES string of the molecule is CC(N)C(c1cccc(Cl)c1)N1CCc2sccc2C1. The molecule has 0 spiro atoms. The number of benzene rings is 1. The molecule has 2 atom stereocenters. The number of nitrogens with two attached hydrogens (primary N) is 1. The van der Waals surface area contributed by atoms with Gasteiger partial charge in [0.25, 0.3) is 0 Å². The van der Waals surface area contributed by atoms with Gasteiger partial charge in [-0.25, -0.2) is 0 Å². The van der Waals surface area contributed by atoms with Crippen molar-refractivity contribution < 1.29 is 0 Å². The Morgan fingerprint density at radius 2 is 2.20 bits per heavy atom. The van der Waals surface area contributed by atoms with E-state index in [0.717, 1.165) is 24.5 Å². The summed E-state index contributed by atoms with van der Waals surface area (Å²) in [6.45, 7) is 4.12. The number of thiophene rings is 1. The lowest BCUT2D eigenvalue weighted by Gasteiger charge is -2.37. The summed E-state index contributed by atoms with van der Waals surface area (Å²) < 4.78 is 0. The molecule has 106 valence electrons. The highest BCUT2D eigenvalue weighted by atomic mass is 35.5. The van der Waals surface area contributed by atoms with Gasteiger partial charge in [0.2, 0.25) is 0 Å².